The molecule has 1 unspecified atom stereocenters. The molecule has 0 amide bonds. The highest BCUT2D eigenvalue weighted by atomic mass is 15.1. The number of rotatable bonds is 4. The van der Waals surface area contributed by atoms with Crippen molar-refractivity contribution in [2.24, 2.45) is 5.92 Å². The van der Waals surface area contributed by atoms with Gasteiger partial charge in [-0.2, -0.15) is 0 Å². The van der Waals surface area contributed by atoms with Crippen molar-refractivity contribution in [1.29, 1.82) is 0 Å². The van der Waals surface area contributed by atoms with E-state index < -0.39 is 0 Å². The summed E-state index contributed by atoms with van der Waals surface area (Å²) in [6.45, 7) is 6.36. The minimum atomic E-state index is 0.825. The van der Waals surface area contributed by atoms with Crippen molar-refractivity contribution < 1.29 is 0 Å². The maximum atomic E-state index is 4.61. The highest BCUT2D eigenvalue weighted by molar-refractivity contribution is 5.19. The molecule has 1 heterocycles. The molecule has 2 nitrogen and oxygen atoms in total. The van der Waals surface area contributed by atoms with E-state index in [0.717, 1.165) is 18.2 Å². The number of aromatic nitrogens is 1. The Labute approximate surface area is 111 Å². The molecule has 0 fully saturated rings. The maximum Gasteiger partial charge on any atom is 0.0549 e. The van der Waals surface area contributed by atoms with Crippen molar-refractivity contribution >= 4 is 0 Å². The fourth-order valence-electron chi connectivity index (χ4n) is 2.81. The molecule has 0 saturated carbocycles. The van der Waals surface area contributed by atoms with Crippen molar-refractivity contribution in [3.63, 3.8) is 0 Å². The molecule has 0 N–H and O–H groups in total. The SMILES string of the molecule is Cc1cc(C)nc(CN(C)CC2CC=CCC2)c1. The molecule has 2 rings (SSSR count). The zero-order valence-corrected chi connectivity index (χ0v) is 11.8. The molecule has 18 heavy (non-hydrogen) atoms. The van der Waals surface area contributed by atoms with Gasteiger partial charge in [-0.15, -0.1) is 0 Å². The molecule has 0 saturated heterocycles. The third-order valence-electron chi connectivity index (χ3n) is 3.53. The Kier molecular flexibility index (Phi) is 4.54. The monoisotopic (exact) mass is 244 g/mol. The predicted molar refractivity (Wildman–Crippen MR) is 76.5 cm³/mol. The Morgan fingerprint density at radius 3 is 2.78 bits per heavy atom. The number of nitrogens with zero attached hydrogens (tertiary/aromatic N) is 2. The molecular formula is C16H24N2. The van der Waals surface area contributed by atoms with E-state index in [9.17, 15) is 0 Å². The normalized spacial score (nSPS) is 19.4. The molecular weight excluding hydrogens is 220 g/mol. The van der Waals surface area contributed by atoms with Crippen LogP contribution in [0.2, 0.25) is 0 Å². The Morgan fingerprint density at radius 2 is 2.11 bits per heavy atom. The van der Waals surface area contributed by atoms with Crippen LogP contribution in [0.5, 0.6) is 0 Å². The van der Waals surface area contributed by atoms with E-state index in [0.29, 0.717) is 0 Å². The largest absolute Gasteiger partial charge is 0.300 e. The molecule has 1 aliphatic rings. The van der Waals surface area contributed by atoms with Crippen molar-refractivity contribution in [2.45, 2.75) is 39.7 Å². The van der Waals surface area contributed by atoms with Crippen LogP contribution in [0.15, 0.2) is 24.3 Å². The second kappa shape index (κ2) is 6.14. The van der Waals surface area contributed by atoms with Gasteiger partial charge in [0.05, 0.1) is 5.69 Å². The first kappa shape index (κ1) is 13.3. The van der Waals surface area contributed by atoms with Crippen molar-refractivity contribution in [3.8, 4) is 0 Å². The molecule has 0 radical (unpaired) electrons. The first-order valence-electron chi connectivity index (χ1n) is 6.91. The Bertz CT molecular complexity index is 403. The summed E-state index contributed by atoms with van der Waals surface area (Å²) in [5.74, 6) is 0.825. The second-order valence-corrected chi connectivity index (χ2v) is 5.62. The third kappa shape index (κ3) is 3.95. The van der Waals surface area contributed by atoms with E-state index >= 15 is 0 Å². The summed E-state index contributed by atoms with van der Waals surface area (Å²) in [4.78, 5) is 7.02. The topological polar surface area (TPSA) is 16.1 Å². The zero-order chi connectivity index (χ0) is 13.0. The van der Waals surface area contributed by atoms with Gasteiger partial charge in [-0.3, -0.25) is 4.98 Å². The van der Waals surface area contributed by atoms with Gasteiger partial charge in [-0.25, -0.2) is 0 Å². The number of pyridine rings is 1. The molecule has 0 aromatic carbocycles. The zero-order valence-electron chi connectivity index (χ0n) is 11.8. The maximum absolute atomic E-state index is 4.61. The summed E-state index contributed by atoms with van der Waals surface area (Å²) in [6, 6.07) is 4.33. The van der Waals surface area contributed by atoms with E-state index in [1.165, 1.54) is 37.1 Å². The summed E-state index contributed by atoms with van der Waals surface area (Å²) in [5, 5.41) is 0. The first-order chi connectivity index (χ1) is 8.63. The molecule has 1 atom stereocenters. The van der Waals surface area contributed by atoms with Gasteiger partial charge in [0.1, 0.15) is 0 Å². The Morgan fingerprint density at radius 1 is 1.28 bits per heavy atom. The highest BCUT2D eigenvalue weighted by Crippen LogP contribution is 2.19. The van der Waals surface area contributed by atoms with E-state index in [-0.39, 0.29) is 0 Å². The van der Waals surface area contributed by atoms with Gasteiger partial charge >= 0.3 is 0 Å². The van der Waals surface area contributed by atoms with Gasteiger partial charge in [-0.1, -0.05) is 12.2 Å². The smallest absolute Gasteiger partial charge is 0.0549 e. The minimum Gasteiger partial charge on any atom is -0.300 e. The average Bonchev–Trinajstić information content (AvgIpc) is 2.28. The van der Waals surface area contributed by atoms with Crippen LogP contribution in [-0.2, 0) is 6.54 Å². The fraction of sp³-hybridized carbons (Fsp3) is 0.562. The lowest BCUT2D eigenvalue weighted by Gasteiger charge is -2.24. The molecule has 0 spiro atoms. The molecule has 1 aliphatic carbocycles. The van der Waals surface area contributed by atoms with E-state index in [1.54, 1.807) is 0 Å². The molecule has 1 aromatic rings. The standard InChI is InChI=1S/C16H24N2/c1-13-9-14(2)17-16(10-13)12-18(3)11-15-7-5-4-6-8-15/h4-5,9-10,15H,6-8,11-12H2,1-3H3. The van der Waals surface area contributed by atoms with Crippen LogP contribution in [0.4, 0.5) is 0 Å². The predicted octanol–water partition coefficient (Wildman–Crippen LogP) is 3.49. The average molecular weight is 244 g/mol. The number of allylic oxidation sites excluding steroid dienone is 2. The first-order valence-corrected chi connectivity index (χ1v) is 6.91. The van der Waals surface area contributed by atoms with Gasteiger partial charge in [0.25, 0.3) is 0 Å². The lowest BCUT2D eigenvalue weighted by atomic mass is 9.94. The van der Waals surface area contributed by atoms with Crippen LogP contribution >= 0.6 is 0 Å². The number of aryl methyl sites for hydroxylation is 2. The van der Waals surface area contributed by atoms with E-state index in [2.05, 4.69) is 55.1 Å². The highest BCUT2D eigenvalue weighted by Gasteiger charge is 2.13. The summed E-state index contributed by atoms with van der Waals surface area (Å²) in [6.07, 6.45) is 8.46. The van der Waals surface area contributed by atoms with E-state index in [1.807, 2.05) is 0 Å². The van der Waals surface area contributed by atoms with Crippen LogP contribution in [0.1, 0.15) is 36.2 Å². The van der Waals surface area contributed by atoms with E-state index in [4.69, 9.17) is 0 Å². The lowest BCUT2D eigenvalue weighted by Crippen LogP contribution is -2.26. The molecule has 0 bridgehead atoms. The van der Waals surface area contributed by atoms with Crippen LogP contribution < -0.4 is 0 Å². The summed E-state index contributed by atoms with van der Waals surface area (Å²) in [7, 11) is 2.21. The number of hydrogen-bond donors (Lipinski definition) is 0. The summed E-state index contributed by atoms with van der Waals surface area (Å²) in [5.41, 5.74) is 3.63. The van der Waals surface area contributed by atoms with Crippen LogP contribution in [0.3, 0.4) is 0 Å². The number of hydrogen-bond acceptors (Lipinski definition) is 2. The van der Waals surface area contributed by atoms with Gasteiger partial charge in [0.2, 0.25) is 0 Å². The van der Waals surface area contributed by atoms with Crippen molar-refractivity contribution in [2.75, 3.05) is 13.6 Å². The summed E-state index contributed by atoms with van der Waals surface area (Å²) < 4.78 is 0. The fourth-order valence-corrected chi connectivity index (χ4v) is 2.81. The van der Waals surface area contributed by atoms with Crippen LogP contribution in [0, 0.1) is 19.8 Å². The minimum absolute atomic E-state index is 0.825. The van der Waals surface area contributed by atoms with Gasteiger partial charge in [0.15, 0.2) is 0 Å². The summed E-state index contributed by atoms with van der Waals surface area (Å²) >= 11 is 0. The molecule has 0 aliphatic heterocycles. The Balaban J connectivity index is 1.89. The molecule has 98 valence electrons. The van der Waals surface area contributed by atoms with Gasteiger partial charge in [0, 0.05) is 18.8 Å². The quantitative estimate of drug-likeness (QED) is 0.754. The second-order valence-electron chi connectivity index (χ2n) is 5.62. The van der Waals surface area contributed by atoms with Gasteiger partial charge < -0.3 is 4.90 Å². The lowest BCUT2D eigenvalue weighted by molar-refractivity contribution is 0.256. The Hall–Kier alpha value is -1.15. The van der Waals surface area contributed by atoms with Gasteiger partial charge in [-0.05, 0) is 63.8 Å². The molecule has 1 aromatic heterocycles. The van der Waals surface area contributed by atoms with Crippen molar-refractivity contribution in [3.05, 3.63) is 41.2 Å². The van der Waals surface area contributed by atoms with Crippen LogP contribution in [0.25, 0.3) is 0 Å². The third-order valence-corrected chi connectivity index (χ3v) is 3.53. The van der Waals surface area contributed by atoms with Crippen LogP contribution in [-0.4, -0.2) is 23.5 Å². The molecule has 2 heteroatoms. The van der Waals surface area contributed by atoms with Crippen molar-refractivity contribution in [1.82, 2.24) is 9.88 Å².